The van der Waals surface area contributed by atoms with E-state index in [9.17, 15) is 4.39 Å². The Morgan fingerprint density at radius 3 is 2.79 bits per heavy atom. The third-order valence-electron chi connectivity index (χ3n) is 2.77. The Hall–Kier alpha value is -1.82. The zero-order valence-corrected chi connectivity index (χ0v) is 11.3. The van der Waals surface area contributed by atoms with E-state index in [1.165, 1.54) is 12.1 Å². The van der Waals surface area contributed by atoms with Gasteiger partial charge in [0.25, 0.3) is 0 Å². The first-order valence-corrected chi connectivity index (χ1v) is 6.24. The number of anilines is 1. The number of nitrogens with two attached hydrogens (primary N) is 1. The van der Waals surface area contributed by atoms with Crippen LogP contribution in [0.1, 0.15) is 19.4 Å². The molecule has 19 heavy (non-hydrogen) atoms. The van der Waals surface area contributed by atoms with Crippen LogP contribution in [-0.2, 0) is 4.74 Å². The second-order valence-electron chi connectivity index (χ2n) is 3.92. The van der Waals surface area contributed by atoms with E-state index >= 15 is 0 Å². The molecule has 106 valence electrons. The smallest absolute Gasteiger partial charge is 0.172 e. The number of benzene rings is 1. The largest absolute Gasteiger partial charge is 0.409 e. The molecular formula is C13H20FN3O2. The van der Waals surface area contributed by atoms with Crippen LogP contribution >= 0.6 is 0 Å². The standard InChI is InChI=1S/C13H20FN3O2/c1-3-17(7-8-19-4-2)12-6-5-10(14)9-11(12)13(15)16-18/h5-6,9,18H,3-4,7-8H2,1-2H3,(H2,15,16). The first-order chi connectivity index (χ1) is 9.13. The summed E-state index contributed by atoms with van der Waals surface area (Å²) in [7, 11) is 0. The van der Waals surface area contributed by atoms with Crippen LogP contribution in [0.25, 0.3) is 0 Å². The summed E-state index contributed by atoms with van der Waals surface area (Å²) in [5, 5.41) is 11.7. The molecule has 1 aromatic carbocycles. The molecule has 0 saturated heterocycles. The number of likely N-dealkylation sites (N-methyl/N-ethyl adjacent to an activating group) is 1. The van der Waals surface area contributed by atoms with Crippen molar-refractivity contribution in [3.8, 4) is 0 Å². The van der Waals surface area contributed by atoms with Gasteiger partial charge in [-0.15, -0.1) is 0 Å². The van der Waals surface area contributed by atoms with Crippen LogP contribution in [0.15, 0.2) is 23.4 Å². The predicted octanol–water partition coefficient (Wildman–Crippen LogP) is 1.78. The number of halogens is 1. The Morgan fingerprint density at radius 2 is 2.21 bits per heavy atom. The zero-order chi connectivity index (χ0) is 14.3. The highest BCUT2D eigenvalue weighted by Crippen LogP contribution is 2.21. The summed E-state index contributed by atoms with van der Waals surface area (Å²) in [5.41, 5.74) is 6.68. The van der Waals surface area contributed by atoms with Crippen LogP contribution in [0.4, 0.5) is 10.1 Å². The Labute approximate surface area is 112 Å². The van der Waals surface area contributed by atoms with Gasteiger partial charge in [0.1, 0.15) is 5.82 Å². The first kappa shape index (κ1) is 15.2. The SMILES string of the molecule is CCOCCN(CC)c1ccc(F)cc1C(N)=NO. The second kappa shape index (κ2) is 7.58. The van der Waals surface area contributed by atoms with Gasteiger partial charge in [0.05, 0.1) is 6.61 Å². The molecule has 0 atom stereocenters. The Balaban J connectivity index is 3.02. The normalized spacial score (nSPS) is 11.6. The van der Waals surface area contributed by atoms with Gasteiger partial charge in [-0.05, 0) is 32.0 Å². The lowest BCUT2D eigenvalue weighted by Gasteiger charge is -2.25. The van der Waals surface area contributed by atoms with Gasteiger partial charge in [-0.1, -0.05) is 5.16 Å². The highest BCUT2D eigenvalue weighted by Gasteiger charge is 2.14. The minimum Gasteiger partial charge on any atom is -0.409 e. The highest BCUT2D eigenvalue weighted by atomic mass is 19.1. The lowest BCUT2D eigenvalue weighted by molar-refractivity contribution is 0.154. The molecule has 0 spiro atoms. The molecule has 0 aliphatic rings. The van der Waals surface area contributed by atoms with Crippen molar-refractivity contribution in [1.29, 1.82) is 0 Å². The maximum absolute atomic E-state index is 13.3. The van der Waals surface area contributed by atoms with Gasteiger partial charge >= 0.3 is 0 Å². The second-order valence-corrected chi connectivity index (χ2v) is 3.92. The Morgan fingerprint density at radius 1 is 1.47 bits per heavy atom. The van der Waals surface area contributed by atoms with Gasteiger partial charge in [-0.25, -0.2) is 4.39 Å². The molecule has 0 heterocycles. The molecule has 0 amide bonds. The van der Waals surface area contributed by atoms with Crippen molar-refractivity contribution in [2.24, 2.45) is 10.9 Å². The summed E-state index contributed by atoms with van der Waals surface area (Å²) >= 11 is 0. The van der Waals surface area contributed by atoms with Gasteiger partial charge < -0.3 is 20.6 Å². The van der Waals surface area contributed by atoms with Gasteiger partial charge in [0.2, 0.25) is 0 Å². The number of hydrogen-bond donors (Lipinski definition) is 2. The molecule has 0 bridgehead atoms. The fourth-order valence-corrected chi connectivity index (χ4v) is 1.81. The van der Waals surface area contributed by atoms with Crippen molar-refractivity contribution in [2.75, 3.05) is 31.2 Å². The third kappa shape index (κ3) is 4.10. The van der Waals surface area contributed by atoms with Crippen LogP contribution in [0.2, 0.25) is 0 Å². The number of ether oxygens (including phenoxy) is 1. The number of hydrogen-bond acceptors (Lipinski definition) is 4. The average molecular weight is 269 g/mol. The van der Waals surface area contributed by atoms with Crippen molar-refractivity contribution in [1.82, 2.24) is 0 Å². The van der Waals surface area contributed by atoms with E-state index in [0.717, 1.165) is 5.69 Å². The highest BCUT2D eigenvalue weighted by molar-refractivity contribution is 6.02. The summed E-state index contributed by atoms with van der Waals surface area (Å²) in [6.45, 7) is 6.48. The summed E-state index contributed by atoms with van der Waals surface area (Å²) in [6.07, 6.45) is 0. The fraction of sp³-hybridized carbons (Fsp3) is 0.462. The molecule has 0 unspecified atom stereocenters. The lowest BCUT2D eigenvalue weighted by atomic mass is 10.1. The third-order valence-corrected chi connectivity index (χ3v) is 2.77. The first-order valence-electron chi connectivity index (χ1n) is 6.24. The predicted molar refractivity (Wildman–Crippen MR) is 73.3 cm³/mol. The summed E-state index contributed by atoms with van der Waals surface area (Å²) < 4.78 is 18.6. The van der Waals surface area contributed by atoms with Crippen molar-refractivity contribution >= 4 is 11.5 Å². The van der Waals surface area contributed by atoms with E-state index in [4.69, 9.17) is 15.7 Å². The minimum absolute atomic E-state index is 0.107. The van der Waals surface area contributed by atoms with E-state index in [0.29, 0.717) is 31.9 Å². The lowest BCUT2D eigenvalue weighted by Crippen LogP contribution is -2.30. The van der Waals surface area contributed by atoms with Crippen LogP contribution in [-0.4, -0.2) is 37.3 Å². The summed E-state index contributed by atoms with van der Waals surface area (Å²) in [5.74, 6) is -0.532. The molecule has 0 aromatic heterocycles. The molecule has 1 rings (SSSR count). The molecule has 1 aromatic rings. The topological polar surface area (TPSA) is 71.1 Å². The molecule has 0 aliphatic heterocycles. The summed E-state index contributed by atoms with van der Waals surface area (Å²) in [6, 6.07) is 4.23. The maximum Gasteiger partial charge on any atom is 0.172 e. The van der Waals surface area contributed by atoms with E-state index in [-0.39, 0.29) is 5.84 Å². The number of rotatable bonds is 7. The maximum atomic E-state index is 13.3. The monoisotopic (exact) mass is 269 g/mol. The molecule has 0 fully saturated rings. The Kier molecular flexibility index (Phi) is 6.08. The minimum atomic E-state index is -0.425. The van der Waals surface area contributed by atoms with E-state index in [1.807, 2.05) is 18.7 Å². The van der Waals surface area contributed by atoms with Crippen LogP contribution in [0.3, 0.4) is 0 Å². The van der Waals surface area contributed by atoms with Crippen molar-refractivity contribution in [3.05, 3.63) is 29.6 Å². The van der Waals surface area contributed by atoms with Crippen LogP contribution < -0.4 is 10.6 Å². The van der Waals surface area contributed by atoms with Gasteiger partial charge in [0, 0.05) is 30.9 Å². The van der Waals surface area contributed by atoms with Crippen molar-refractivity contribution in [2.45, 2.75) is 13.8 Å². The fourth-order valence-electron chi connectivity index (χ4n) is 1.81. The molecule has 0 saturated carbocycles. The Bertz CT molecular complexity index is 438. The molecule has 0 radical (unpaired) electrons. The quantitative estimate of drug-likeness (QED) is 0.260. The molecular weight excluding hydrogens is 249 g/mol. The molecule has 6 heteroatoms. The van der Waals surface area contributed by atoms with E-state index in [2.05, 4.69) is 5.16 Å². The number of nitrogens with zero attached hydrogens (tertiary/aromatic N) is 2. The van der Waals surface area contributed by atoms with E-state index in [1.54, 1.807) is 6.07 Å². The number of amidine groups is 1. The van der Waals surface area contributed by atoms with Gasteiger partial charge in [-0.3, -0.25) is 0 Å². The molecule has 3 N–H and O–H groups in total. The summed E-state index contributed by atoms with van der Waals surface area (Å²) in [4.78, 5) is 1.99. The van der Waals surface area contributed by atoms with Crippen LogP contribution in [0.5, 0.6) is 0 Å². The zero-order valence-electron chi connectivity index (χ0n) is 11.3. The average Bonchev–Trinajstić information content (AvgIpc) is 2.43. The van der Waals surface area contributed by atoms with Crippen molar-refractivity contribution < 1.29 is 14.3 Å². The van der Waals surface area contributed by atoms with Crippen molar-refractivity contribution in [3.63, 3.8) is 0 Å². The van der Waals surface area contributed by atoms with Crippen LogP contribution in [0, 0.1) is 5.82 Å². The number of oxime groups is 1. The van der Waals surface area contributed by atoms with Gasteiger partial charge in [0.15, 0.2) is 5.84 Å². The molecule has 0 aliphatic carbocycles. The molecule has 5 nitrogen and oxygen atoms in total. The van der Waals surface area contributed by atoms with E-state index < -0.39 is 5.82 Å². The van der Waals surface area contributed by atoms with Gasteiger partial charge in [-0.2, -0.15) is 0 Å².